The molecule has 0 unspecified atom stereocenters. The molecule has 76 valence electrons. The Bertz CT molecular complexity index is 448. The van der Waals surface area contributed by atoms with Crippen LogP contribution in [-0.2, 0) is 0 Å². The summed E-state index contributed by atoms with van der Waals surface area (Å²) in [6.07, 6.45) is 3.73. The molecule has 1 heterocycles. The van der Waals surface area contributed by atoms with Gasteiger partial charge in [-0.25, -0.2) is 0 Å². The predicted molar refractivity (Wildman–Crippen MR) is 62.6 cm³/mol. The molecule has 0 fully saturated rings. The van der Waals surface area contributed by atoms with E-state index < -0.39 is 0 Å². The zero-order chi connectivity index (χ0) is 10.5. The van der Waals surface area contributed by atoms with Gasteiger partial charge >= 0.3 is 0 Å². The van der Waals surface area contributed by atoms with E-state index in [1.807, 2.05) is 30.5 Å². The topological polar surface area (TPSA) is 26.0 Å². The molecule has 0 saturated carbocycles. The van der Waals surface area contributed by atoms with Crippen molar-refractivity contribution in [1.29, 1.82) is 0 Å². The molecule has 1 aromatic heterocycles. The highest BCUT2D eigenvalue weighted by Crippen LogP contribution is 2.22. The molecule has 1 aromatic carbocycles. The van der Waals surface area contributed by atoms with Gasteiger partial charge in [0, 0.05) is 0 Å². The first-order chi connectivity index (χ1) is 7.36. The van der Waals surface area contributed by atoms with Gasteiger partial charge in [-0.15, -0.1) is 0 Å². The third-order valence-corrected chi connectivity index (χ3v) is 2.88. The summed E-state index contributed by atoms with van der Waals surface area (Å²) >= 11 is 1.61. The quantitative estimate of drug-likeness (QED) is 0.732. The average Bonchev–Trinajstić information content (AvgIpc) is 2.66. The number of aromatic nitrogens is 1. The van der Waals surface area contributed by atoms with E-state index >= 15 is 0 Å². The van der Waals surface area contributed by atoms with Crippen LogP contribution in [0.4, 0.5) is 0 Å². The predicted octanol–water partition coefficient (Wildman–Crippen LogP) is 3.75. The maximum absolute atomic E-state index is 4.84. The number of aryl methyl sites for hydroxylation is 1. The van der Waals surface area contributed by atoms with Crippen LogP contribution in [0.25, 0.3) is 6.08 Å². The lowest BCUT2D eigenvalue weighted by atomic mass is 10.2. The Balaban J connectivity index is 2.00. The van der Waals surface area contributed by atoms with E-state index in [0.717, 1.165) is 10.6 Å². The molecule has 0 spiro atoms. The van der Waals surface area contributed by atoms with Crippen molar-refractivity contribution in [3.8, 4) is 0 Å². The first-order valence-electron chi connectivity index (χ1n) is 4.65. The van der Waals surface area contributed by atoms with E-state index in [1.54, 1.807) is 18.0 Å². The highest BCUT2D eigenvalue weighted by atomic mass is 32.2. The van der Waals surface area contributed by atoms with Crippen molar-refractivity contribution in [3.63, 3.8) is 0 Å². The van der Waals surface area contributed by atoms with E-state index in [1.165, 1.54) is 5.56 Å². The monoisotopic (exact) mass is 217 g/mol. The first-order valence-corrected chi connectivity index (χ1v) is 5.53. The fraction of sp³-hybridized carbons (Fsp3) is 0.0833. The lowest BCUT2D eigenvalue weighted by molar-refractivity contribution is 0.413. The molecule has 0 aliphatic carbocycles. The Morgan fingerprint density at radius 3 is 2.73 bits per heavy atom. The van der Waals surface area contributed by atoms with Crippen LogP contribution in [0.1, 0.15) is 11.3 Å². The normalized spacial score (nSPS) is 11.0. The molecule has 0 aliphatic rings. The van der Waals surface area contributed by atoms with Crippen LogP contribution in [0.3, 0.4) is 0 Å². The summed E-state index contributed by atoms with van der Waals surface area (Å²) in [5.74, 6) is 0. The van der Waals surface area contributed by atoms with Crippen molar-refractivity contribution >= 4 is 17.8 Å². The summed E-state index contributed by atoms with van der Waals surface area (Å²) < 4.78 is 4.84. The van der Waals surface area contributed by atoms with E-state index in [-0.39, 0.29) is 0 Å². The van der Waals surface area contributed by atoms with E-state index in [2.05, 4.69) is 23.4 Å². The molecule has 0 amide bonds. The smallest absolute Gasteiger partial charge is 0.138 e. The number of benzene rings is 1. The lowest BCUT2D eigenvalue weighted by Crippen LogP contribution is -1.70. The number of hydrogen-bond donors (Lipinski definition) is 0. The lowest BCUT2D eigenvalue weighted by Gasteiger charge is -1.91. The first kappa shape index (κ1) is 10.1. The zero-order valence-electron chi connectivity index (χ0n) is 8.38. The van der Waals surface area contributed by atoms with Crippen LogP contribution < -0.4 is 0 Å². The van der Waals surface area contributed by atoms with Crippen molar-refractivity contribution in [2.24, 2.45) is 0 Å². The Hall–Kier alpha value is -1.48. The second-order valence-electron chi connectivity index (χ2n) is 3.10. The molecule has 2 aromatic rings. The van der Waals surface area contributed by atoms with Gasteiger partial charge in [0.25, 0.3) is 0 Å². The Labute approximate surface area is 93.0 Å². The zero-order valence-corrected chi connectivity index (χ0v) is 9.20. The van der Waals surface area contributed by atoms with Gasteiger partial charge in [-0.05, 0) is 24.0 Å². The number of rotatable bonds is 3. The molecule has 0 atom stereocenters. The summed E-state index contributed by atoms with van der Waals surface area (Å²) in [4.78, 5) is 1.06. The SMILES string of the molecule is Cc1nocc1SC=Cc1ccccc1. The van der Waals surface area contributed by atoms with Gasteiger partial charge in [-0.1, -0.05) is 47.3 Å². The fourth-order valence-electron chi connectivity index (χ4n) is 1.15. The highest BCUT2D eigenvalue weighted by molar-refractivity contribution is 8.02. The van der Waals surface area contributed by atoms with Crippen molar-refractivity contribution in [1.82, 2.24) is 5.16 Å². The molecule has 0 N–H and O–H groups in total. The molecular formula is C12H11NOS. The molecule has 0 bridgehead atoms. The van der Waals surface area contributed by atoms with Crippen LogP contribution in [-0.4, -0.2) is 5.16 Å². The Morgan fingerprint density at radius 2 is 2.07 bits per heavy atom. The maximum Gasteiger partial charge on any atom is 0.138 e. The largest absolute Gasteiger partial charge is 0.363 e. The van der Waals surface area contributed by atoms with Gasteiger partial charge in [0.1, 0.15) is 6.26 Å². The van der Waals surface area contributed by atoms with Crippen molar-refractivity contribution < 1.29 is 4.52 Å². The van der Waals surface area contributed by atoms with Crippen molar-refractivity contribution in [2.75, 3.05) is 0 Å². The molecule has 0 saturated heterocycles. The fourth-order valence-corrected chi connectivity index (χ4v) is 1.82. The van der Waals surface area contributed by atoms with Crippen LogP contribution >= 0.6 is 11.8 Å². The maximum atomic E-state index is 4.84. The minimum Gasteiger partial charge on any atom is -0.363 e. The summed E-state index contributed by atoms with van der Waals surface area (Å²) in [6.45, 7) is 1.93. The van der Waals surface area contributed by atoms with E-state index in [0.29, 0.717) is 0 Å². The number of hydrogen-bond acceptors (Lipinski definition) is 3. The average molecular weight is 217 g/mol. The molecule has 0 radical (unpaired) electrons. The van der Waals surface area contributed by atoms with Gasteiger partial charge in [0.05, 0.1) is 10.6 Å². The third kappa shape index (κ3) is 2.73. The van der Waals surface area contributed by atoms with Gasteiger partial charge in [-0.2, -0.15) is 0 Å². The molecular weight excluding hydrogens is 206 g/mol. The Morgan fingerprint density at radius 1 is 1.27 bits per heavy atom. The minimum atomic E-state index is 0.928. The molecule has 0 aliphatic heterocycles. The number of thioether (sulfide) groups is 1. The van der Waals surface area contributed by atoms with Gasteiger partial charge in [-0.3, -0.25) is 0 Å². The third-order valence-electron chi connectivity index (χ3n) is 1.96. The van der Waals surface area contributed by atoms with Gasteiger partial charge in [0.2, 0.25) is 0 Å². The van der Waals surface area contributed by atoms with Crippen molar-refractivity contribution in [3.05, 3.63) is 53.3 Å². The molecule has 3 heteroatoms. The summed E-state index contributed by atoms with van der Waals surface area (Å²) in [5.41, 5.74) is 2.12. The van der Waals surface area contributed by atoms with Crippen LogP contribution in [0.2, 0.25) is 0 Å². The highest BCUT2D eigenvalue weighted by Gasteiger charge is 1.99. The molecule has 2 nitrogen and oxygen atoms in total. The number of nitrogens with zero attached hydrogens (tertiary/aromatic N) is 1. The minimum absolute atomic E-state index is 0.928. The molecule has 2 rings (SSSR count). The van der Waals surface area contributed by atoms with Crippen LogP contribution in [0, 0.1) is 6.92 Å². The standard InChI is InChI=1S/C12H11NOS/c1-10-12(9-14-13-10)15-8-7-11-5-3-2-4-6-11/h2-9H,1H3. The van der Waals surface area contributed by atoms with Crippen LogP contribution in [0.15, 0.2) is 51.4 Å². The second-order valence-corrected chi connectivity index (χ2v) is 4.04. The van der Waals surface area contributed by atoms with E-state index in [9.17, 15) is 0 Å². The summed E-state index contributed by atoms with van der Waals surface area (Å²) in [5, 5.41) is 5.85. The van der Waals surface area contributed by atoms with E-state index in [4.69, 9.17) is 4.52 Å². The summed E-state index contributed by atoms with van der Waals surface area (Å²) in [7, 11) is 0. The van der Waals surface area contributed by atoms with Crippen LogP contribution in [0.5, 0.6) is 0 Å². The van der Waals surface area contributed by atoms with Gasteiger partial charge < -0.3 is 4.52 Å². The molecule has 15 heavy (non-hydrogen) atoms. The Kier molecular flexibility index (Phi) is 3.25. The summed E-state index contributed by atoms with van der Waals surface area (Å²) in [6, 6.07) is 10.2. The van der Waals surface area contributed by atoms with Crippen molar-refractivity contribution in [2.45, 2.75) is 11.8 Å². The van der Waals surface area contributed by atoms with Gasteiger partial charge in [0.15, 0.2) is 0 Å². The second kappa shape index (κ2) is 4.84.